The summed E-state index contributed by atoms with van der Waals surface area (Å²) in [4.78, 5) is 28.2. The molecule has 1 N–H and O–H groups in total. The largest absolute Gasteiger partial charge is 0.459 e. The quantitative estimate of drug-likeness (QED) is 0.896. The number of hydrogen-bond acceptors (Lipinski definition) is 4. The van der Waals surface area contributed by atoms with E-state index >= 15 is 0 Å². The van der Waals surface area contributed by atoms with E-state index in [9.17, 15) is 9.59 Å². The van der Waals surface area contributed by atoms with Crippen molar-refractivity contribution in [2.45, 2.75) is 20.3 Å². The van der Waals surface area contributed by atoms with E-state index in [4.69, 9.17) is 4.42 Å². The highest BCUT2D eigenvalue weighted by Gasteiger charge is 2.25. The van der Waals surface area contributed by atoms with Crippen molar-refractivity contribution in [2.75, 3.05) is 38.0 Å². The second kappa shape index (κ2) is 8.08. The third-order valence-electron chi connectivity index (χ3n) is 4.77. The fourth-order valence-electron chi connectivity index (χ4n) is 3.26. The second-order valence-corrected chi connectivity index (χ2v) is 6.59. The van der Waals surface area contributed by atoms with Crippen molar-refractivity contribution in [1.29, 1.82) is 0 Å². The number of para-hydroxylation sites is 1. The van der Waals surface area contributed by atoms with Crippen LogP contribution in [-0.4, -0.2) is 54.3 Å². The lowest BCUT2D eigenvalue weighted by Crippen LogP contribution is -2.50. The molecular formula is C20H25N3O3. The fourth-order valence-corrected chi connectivity index (χ4v) is 3.26. The Morgan fingerprint density at radius 1 is 1.00 bits per heavy atom. The Hall–Kier alpha value is -2.76. The van der Waals surface area contributed by atoms with Crippen LogP contribution in [0.2, 0.25) is 0 Å². The average Bonchev–Trinajstić information content (AvgIpc) is 3.18. The van der Waals surface area contributed by atoms with E-state index in [1.807, 2.05) is 11.0 Å². The van der Waals surface area contributed by atoms with Crippen LogP contribution in [0.5, 0.6) is 0 Å². The van der Waals surface area contributed by atoms with Crippen molar-refractivity contribution in [1.82, 2.24) is 9.80 Å². The van der Waals surface area contributed by atoms with Crippen molar-refractivity contribution in [3.8, 4) is 0 Å². The van der Waals surface area contributed by atoms with Crippen molar-refractivity contribution in [2.24, 2.45) is 0 Å². The van der Waals surface area contributed by atoms with Gasteiger partial charge in [-0.1, -0.05) is 18.2 Å². The van der Waals surface area contributed by atoms with Crippen LogP contribution in [0.25, 0.3) is 0 Å². The summed E-state index contributed by atoms with van der Waals surface area (Å²) in [5.74, 6) is 0.357. The van der Waals surface area contributed by atoms with Gasteiger partial charge in [0.2, 0.25) is 5.91 Å². The first-order valence-corrected chi connectivity index (χ1v) is 8.97. The molecule has 2 heterocycles. The first-order valence-electron chi connectivity index (χ1n) is 8.97. The maximum atomic E-state index is 12.4. The topological polar surface area (TPSA) is 65.8 Å². The number of aryl methyl sites for hydroxylation is 2. The van der Waals surface area contributed by atoms with E-state index in [0.717, 1.165) is 5.69 Å². The lowest BCUT2D eigenvalue weighted by atomic mass is 10.1. The molecular weight excluding hydrogens is 330 g/mol. The van der Waals surface area contributed by atoms with Gasteiger partial charge < -0.3 is 19.5 Å². The normalized spacial score (nSPS) is 14.4. The molecule has 1 aromatic heterocycles. The van der Waals surface area contributed by atoms with Crippen LogP contribution in [0.4, 0.5) is 5.69 Å². The van der Waals surface area contributed by atoms with Crippen LogP contribution in [0, 0.1) is 13.8 Å². The summed E-state index contributed by atoms with van der Waals surface area (Å²) in [5.41, 5.74) is 3.47. The fraction of sp³-hybridized carbons (Fsp3) is 0.400. The molecule has 1 aliphatic heterocycles. The Morgan fingerprint density at radius 3 is 2.27 bits per heavy atom. The standard InChI is InChI=1S/C20H25N3O3/c1-15-5-3-6-16(2)19(15)21-9-8-18(24)22-10-12-23(13-11-22)20(25)17-7-4-14-26-17/h3-7,14,21H,8-13H2,1-2H3. The SMILES string of the molecule is Cc1cccc(C)c1NCCC(=O)N1CCN(C(=O)c2ccco2)CC1. The maximum Gasteiger partial charge on any atom is 0.289 e. The van der Waals surface area contributed by atoms with Crippen LogP contribution >= 0.6 is 0 Å². The number of carbonyl (C=O) groups is 2. The molecule has 0 spiro atoms. The molecule has 0 aliphatic carbocycles. The maximum absolute atomic E-state index is 12.4. The van der Waals surface area contributed by atoms with Gasteiger partial charge in [-0.15, -0.1) is 0 Å². The number of nitrogens with one attached hydrogen (secondary N) is 1. The zero-order chi connectivity index (χ0) is 18.5. The molecule has 1 fully saturated rings. The summed E-state index contributed by atoms with van der Waals surface area (Å²) in [6.07, 6.45) is 1.94. The number of benzene rings is 1. The molecule has 1 aliphatic rings. The molecule has 0 saturated carbocycles. The summed E-state index contributed by atoms with van der Waals surface area (Å²) >= 11 is 0. The molecule has 0 bridgehead atoms. The van der Waals surface area contributed by atoms with Gasteiger partial charge >= 0.3 is 0 Å². The second-order valence-electron chi connectivity index (χ2n) is 6.59. The van der Waals surface area contributed by atoms with Gasteiger partial charge in [0, 0.05) is 44.8 Å². The number of rotatable bonds is 5. The van der Waals surface area contributed by atoms with E-state index in [2.05, 4.69) is 31.3 Å². The predicted molar refractivity (Wildman–Crippen MR) is 100 cm³/mol. The van der Waals surface area contributed by atoms with E-state index in [0.29, 0.717) is 44.9 Å². The first kappa shape index (κ1) is 18.0. The Bertz CT molecular complexity index is 742. The minimum absolute atomic E-state index is 0.112. The van der Waals surface area contributed by atoms with E-state index in [1.54, 1.807) is 17.0 Å². The van der Waals surface area contributed by atoms with Crippen molar-refractivity contribution in [3.63, 3.8) is 0 Å². The van der Waals surface area contributed by atoms with Gasteiger partial charge in [-0.05, 0) is 37.1 Å². The molecule has 2 aromatic rings. The van der Waals surface area contributed by atoms with Crippen molar-refractivity contribution < 1.29 is 14.0 Å². The van der Waals surface area contributed by atoms with Gasteiger partial charge in [0.15, 0.2) is 5.76 Å². The lowest BCUT2D eigenvalue weighted by molar-refractivity contribution is -0.132. The van der Waals surface area contributed by atoms with Crippen LogP contribution in [0.15, 0.2) is 41.0 Å². The minimum atomic E-state index is -0.112. The third-order valence-corrected chi connectivity index (χ3v) is 4.77. The Balaban J connectivity index is 1.44. The molecule has 6 nitrogen and oxygen atoms in total. The number of carbonyl (C=O) groups excluding carboxylic acids is 2. The summed E-state index contributed by atoms with van der Waals surface area (Å²) in [6.45, 7) is 6.93. The van der Waals surface area contributed by atoms with E-state index in [-0.39, 0.29) is 11.8 Å². The number of piperazine rings is 1. The number of hydrogen-bond donors (Lipinski definition) is 1. The Kier molecular flexibility index (Phi) is 5.61. The first-order chi connectivity index (χ1) is 12.6. The Morgan fingerprint density at radius 2 is 1.65 bits per heavy atom. The molecule has 0 atom stereocenters. The van der Waals surface area contributed by atoms with E-state index in [1.165, 1.54) is 17.4 Å². The monoisotopic (exact) mass is 355 g/mol. The van der Waals surface area contributed by atoms with Gasteiger partial charge in [-0.3, -0.25) is 9.59 Å². The summed E-state index contributed by atoms with van der Waals surface area (Å²) in [5, 5.41) is 3.37. The van der Waals surface area contributed by atoms with Gasteiger partial charge in [0.25, 0.3) is 5.91 Å². The van der Waals surface area contributed by atoms with Crippen molar-refractivity contribution >= 4 is 17.5 Å². The zero-order valence-corrected chi connectivity index (χ0v) is 15.3. The number of nitrogens with zero attached hydrogens (tertiary/aromatic N) is 2. The molecule has 26 heavy (non-hydrogen) atoms. The van der Waals surface area contributed by atoms with Crippen LogP contribution in [0.1, 0.15) is 28.1 Å². The molecule has 0 radical (unpaired) electrons. The zero-order valence-electron chi connectivity index (χ0n) is 15.3. The highest BCUT2D eigenvalue weighted by atomic mass is 16.3. The molecule has 3 rings (SSSR count). The average molecular weight is 355 g/mol. The van der Waals surface area contributed by atoms with Crippen LogP contribution < -0.4 is 5.32 Å². The van der Waals surface area contributed by atoms with E-state index < -0.39 is 0 Å². The van der Waals surface area contributed by atoms with Gasteiger partial charge in [0.05, 0.1) is 6.26 Å². The molecule has 138 valence electrons. The van der Waals surface area contributed by atoms with Gasteiger partial charge in [-0.2, -0.15) is 0 Å². The molecule has 1 aromatic carbocycles. The highest BCUT2D eigenvalue weighted by molar-refractivity contribution is 5.91. The number of amides is 2. The third kappa shape index (κ3) is 4.07. The van der Waals surface area contributed by atoms with Crippen LogP contribution in [-0.2, 0) is 4.79 Å². The number of anilines is 1. The summed E-state index contributed by atoms with van der Waals surface area (Å²) < 4.78 is 5.16. The van der Waals surface area contributed by atoms with Crippen molar-refractivity contribution in [3.05, 3.63) is 53.5 Å². The summed E-state index contributed by atoms with van der Waals surface area (Å²) in [6, 6.07) is 9.53. The molecule has 6 heteroatoms. The summed E-state index contributed by atoms with van der Waals surface area (Å²) in [7, 11) is 0. The van der Waals surface area contributed by atoms with Crippen LogP contribution in [0.3, 0.4) is 0 Å². The molecule has 1 saturated heterocycles. The highest BCUT2D eigenvalue weighted by Crippen LogP contribution is 2.19. The molecule has 2 amide bonds. The predicted octanol–water partition coefficient (Wildman–Crippen LogP) is 2.68. The minimum Gasteiger partial charge on any atom is -0.459 e. The van der Waals surface area contributed by atoms with Gasteiger partial charge in [-0.25, -0.2) is 0 Å². The lowest BCUT2D eigenvalue weighted by Gasteiger charge is -2.34. The smallest absolute Gasteiger partial charge is 0.289 e. The Labute approximate surface area is 153 Å². The van der Waals surface area contributed by atoms with Gasteiger partial charge in [0.1, 0.15) is 0 Å². The number of furan rings is 1. The molecule has 0 unspecified atom stereocenters.